The fourth-order valence-corrected chi connectivity index (χ4v) is 3.90. The number of rotatable bonds is 4. The van der Waals surface area contributed by atoms with Crippen LogP contribution in [0.15, 0.2) is 30.7 Å². The third kappa shape index (κ3) is 3.09. The number of aromatic nitrogens is 2. The van der Waals surface area contributed by atoms with Crippen LogP contribution in [0, 0.1) is 5.92 Å². The van der Waals surface area contributed by atoms with Crippen molar-refractivity contribution in [3.05, 3.63) is 30.7 Å². The van der Waals surface area contributed by atoms with Gasteiger partial charge in [-0.25, -0.2) is 9.97 Å². The number of hydrogen-bond acceptors (Lipinski definition) is 4. The molecular formula is C18H24N4O. The van der Waals surface area contributed by atoms with Gasteiger partial charge in [-0.1, -0.05) is 12.2 Å². The van der Waals surface area contributed by atoms with Gasteiger partial charge in [-0.2, -0.15) is 0 Å². The van der Waals surface area contributed by atoms with Gasteiger partial charge in [0, 0.05) is 37.3 Å². The van der Waals surface area contributed by atoms with Crippen LogP contribution < -0.4 is 4.90 Å². The third-order valence-electron chi connectivity index (χ3n) is 5.30. The predicted octanol–water partition coefficient (Wildman–Crippen LogP) is 2.40. The standard InChI is InChI=1S/C18H24N4O/c23-18(14-3-1-2-4-14)21-11-8-16(9-12-21)22(15-5-6-15)17-7-10-19-13-20-17/h1-2,7,10,13-16H,3-6,8-9,11-12H2. The van der Waals surface area contributed by atoms with Crippen molar-refractivity contribution < 1.29 is 4.79 Å². The number of carbonyl (C=O) groups excluding carboxylic acids is 1. The van der Waals surface area contributed by atoms with Gasteiger partial charge in [0.2, 0.25) is 5.91 Å². The van der Waals surface area contributed by atoms with Gasteiger partial charge in [0.05, 0.1) is 0 Å². The molecule has 1 saturated heterocycles. The molecule has 0 radical (unpaired) electrons. The average molecular weight is 312 g/mol. The van der Waals surface area contributed by atoms with Gasteiger partial charge < -0.3 is 9.80 Å². The van der Waals surface area contributed by atoms with E-state index < -0.39 is 0 Å². The van der Waals surface area contributed by atoms with Crippen LogP contribution in [0.5, 0.6) is 0 Å². The van der Waals surface area contributed by atoms with Crippen molar-refractivity contribution in [3.63, 3.8) is 0 Å². The molecule has 122 valence electrons. The fraction of sp³-hybridized carbons (Fsp3) is 0.611. The van der Waals surface area contributed by atoms with E-state index in [1.165, 1.54) is 12.8 Å². The Morgan fingerprint density at radius 3 is 2.39 bits per heavy atom. The van der Waals surface area contributed by atoms with Gasteiger partial charge in [0.25, 0.3) is 0 Å². The highest BCUT2D eigenvalue weighted by Crippen LogP contribution is 2.35. The minimum absolute atomic E-state index is 0.202. The lowest BCUT2D eigenvalue weighted by Crippen LogP contribution is -2.49. The molecule has 1 amide bonds. The van der Waals surface area contributed by atoms with Crippen molar-refractivity contribution in [3.8, 4) is 0 Å². The van der Waals surface area contributed by atoms with E-state index in [1.54, 1.807) is 6.33 Å². The van der Waals surface area contributed by atoms with Crippen LogP contribution >= 0.6 is 0 Å². The second-order valence-corrected chi connectivity index (χ2v) is 6.90. The summed E-state index contributed by atoms with van der Waals surface area (Å²) in [5, 5.41) is 0. The molecule has 23 heavy (non-hydrogen) atoms. The molecule has 1 aromatic heterocycles. The second-order valence-electron chi connectivity index (χ2n) is 6.90. The zero-order valence-corrected chi connectivity index (χ0v) is 13.5. The van der Waals surface area contributed by atoms with Crippen LogP contribution in [0.4, 0.5) is 5.82 Å². The number of hydrogen-bond donors (Lipinski definition) is 0. The molecule has 5 nitrogen and oxygen atoms in total. The number of likely N-dealkylation sites (tertiary alicyclic amines) is 1. The second kappa shape index (κ2) is 6.30. The summed E-state index contributed by atoms with van der Waals surface area (Å²) in [4.78, 5) is 25.6. The molecule has 2 fully saturated rings. The Morgan fingerprint density at radius 1 is 1.09 bits per heavy atom. The first-order valence-electron chi connectivity index (χ1n) is 8.81. The topological polar surface area (TPSA) is 49.3 Å². The zero-order chi connectivity index (χ0) is 15.6. The summed E-state index contributed by atoms with van der Waals surface area (Å²) < 4.78 is 0. The molecule has 1 aromatic rings. The summed E-state index contributed by atoms with van der Waals surface area (Å²) in [6.07, 6.45) is 14.2. The number of allylic oxidation sites excluding steroid dienone is 2. The first-order valence-corrected chi connectivity index (χ1v) is 8.81. The minimum Gasteiger partial charge on any atom is -0.350 e. The van der Waals surface area contributed by atoms with Crippen LogP contribution in [-0.2, 0) is 4.79 Å². The van der Waals surface area contributed by atoms with Gasteiger partial charge in [-0.15, -0.1) is 0 Å². The van der Waals surface area contributed by atoms with Crippen LogP contribution in [0.3, 0.4) is 0 Å². The van der Waals surface area contributed by atoms with Crippen LogP contribution in [0.1, 0.15) is 38.5 Å². The van der Waals surface area contributed by atoms with Crippen molar-refractivity contribution in [1.82, 2.24) is 14.9 Å². The molecule has 1 aliphatic heterocycles. The van der Waals surface area contributed by atoms with E-state index in [0.29, 0.717) is 18.0 Å². The molecule has 0 bridgehead atoms. The molecule has 1 saturated carbocycles. The summed E-state index contributed by atoms with van der Waals surface area (Å²) >= 11 is 0. The molecule has 0 atom stereocenters. The lowest BCUT2D eigenvalue weighted by Gasteiger charge is -2.40. The van der Waals surface area contributed by atoms with E-state index in [0.717, 1.165) is 44.6 Å². The Bertz CT molecular complexity index is 568. The Labute approximate surface area is 137 Å². The Morgan fingerprint density at radius 2 is 1.78 bits per heavy atom. The normalized spacial score (nSPS) is 22.5. The van der Waals surface area contributed by atoms with Crippen LogP contribution in [-0.4, -0.2) is 45.9 Å². The first kappa shape index (κ1) is 14.7. The number of piperidine rings is 1. The highest BCUT2D eigenvalue weighted by Gasteiger charge is 2.37. The van der Waals surface area contributed by atoms with Gasteiger partial charge in [-0.05, 0) is 44.6 Å². The SMILES string of the molecule is O=C(C1CC=CC1)N1CCC(N(c2ccncn2)C2CC2)CC1. The lowest BCUT2D eigenvalue weighted by molar-refractivity contribution is -0.136. The Balaban J connectivity index is 1.39. The average Bonchev–Trinajstić information content (AvgIpc) is 3.28. The molecule has 0 spiro atoms. The van der Waals surface area contributed by atoms with Crippen molar-refractivity contribution in [2.24, 2.45) is 5.92 Å². The number of amides is 1. The van der Waals surface area contributed by atoms with Gasteiger partial charge in [0.15, 0.2) is 0 Å². The number of nitrogens with zero attached hydrogens (tertiary/aromatic N) is 4. The monoisotopic (exact) mass is 312 g/mol. The maximum atomic E-state index is 12.5. The quantitative estimate of drug-likeness (QED) is 0.801. The van der Waals surface area contributed by atoms with E-state index in [1.807, 2.05) is 12.3 Å². The zero-order valence-electron chi connectivity index (χ0n) is 13.5. The first-order chi connectivity index (χ1) is 11.3. The molecular weight excluding hydrogens is 288 g/mol. The number of carbonyl (C=O) groups is 1. The third-order valence-corrected chi connectivity index (χ3v) is 5.30. The molecule has 3 aliphatic rings. The molecule has 2 aliphatic carbocycles. The molecule has 5 heteroatoms. The van der Waals surface area contributed by atoms with Gasteiger partial charge >= 0.3 is 0 Å². The minimum atomic E-state index is 0.202. The van der Waals surface area contributed by atoms with E-state index in [4.69, 9.17) is 0 Å². The smallest absolute Gasteiger partial charge is 0.226 e. The van der Waals surface area contributed by atoms with Crippen LogP contribution in [0.25, 0.3) is 0 Å². The molecule has 0 N–H and O–H groups in total. The maximum Gasteiger partial charge on any atom is 0.226 e. The van der Waals surface area contributed by atoms with Crippen molar-refractivity contribution >= 4 is 11.7 Å². The summed E-state index contributed by atoms with van der Waals surface area (Å²) in [6, 6.07) is 3.15. The Hall–Kier alpha value is -1.91. The fourth-order valence-electron chi connectivity index (χ4n) is 3.90. The largest absolute Gasteiger partial charge is 0.350 e. The van der Waals surface area contributed by atoms with E-state index >= 15 is 0 Å². The summed E-state index contributed by atoms with van der Waals surface area (Å²) in [5.74, 6) is 1.61. The van der Waals surface area contributed by atoms with Crippen molar-refractivity contribution in [1.29, 1.82) is 0 Å². The Kier molecular flexibility index (Phi) is 4.02. The number of anilines is 1. The highest BCUT2D eigenvalue weighted by atomic mass is 16.2. The van der Waals surface area contributed by atoms with Crippen molar-refractivity contribution in [2.75, 3.05) is 18.0 Å². The lowest BCUT2D eigenvalue weighted by atomic mass is 9.99. The van der Waals surface area contributed by atoms with Crippen molar-refractivity contribution in [2.45, 2.75) is 50.6 Å². The molecule has 0 unspecified atom stereocenters. The highest BCUT2D eigenvalue weighted by molar-refractivity contribution is 5.79. The van der Waals surface area contributed by atoms with E-state index in [2.05, 4.69) is 31.9 Å². The molecule has 0 aromatic carbocycles. The molecule has 2 heterocycles. The molecule has 4 rings (SSSR count). The van der Waals surface area contributed by atoms with Gasteiger partial charge in [-0.3, -0.25) is 4.79 Å². The van der Waals surface area contributed by atoms with Gasteiger partial charge in [0.1, 0.15) is 12.1 Å². The van der Waals surface area contributed by atoms with Crippen LogP contribution in [0.2, 0.25) is 0 Å². The maximum absolute atomic E-state index is 12.5. The summed E-state index contributed by atoms with van der Waals surface area (Å²) in [5.41, 5.74) is 0. The summed E-state index contributed by atoms with van der Waals surface area (Å²) in [7, 11) is 0. The predicted molar refractivity (Wildman–Crippen MR) is 89.0 cm³/mol. The summed E-state index contributed by atoms with van der Waals surface area (Å²) in [6.45, 7) is 1.77. The van der Waals surface area contributed by atoms with E-state index in [-0.39, 0.29) is 5.92 Å². The van der Waals surface area contributed by atoms with E-state index in [9.17, 15) is 4.79 Å².